The maximum atomic E-state index is 10.6. The number of rotatable bonds is 4. The van der Waals surface area contributed by atoms with E-state index in [0.29, 0.717) is 12.0 Å². The summed E-state index contributed by atoms with van der Waals surface area (Å²) < 4.78 is 31.7. The summed E-state index contributed by atoms with van der Waals surface area (Å²) in [5, 5.41) is 8.41. The van der Waals surface area contributed by atoms with Gasteiger partial charge in [-0.25, -0.2) is 8.42 Å². The molecule has 7 heteroatoms. The number of hydrogen-bond acceptors (Lipinski definition) is 4. The molecule has 1 aromatic carbocycles. The van der Waals surface area contributed by atoms with Crippen LogP contribution in [0.25, 0.3) is 0 Å². The average molecular weight is 236 g/mol. The van der Waals surface area contributed by atoms with Gasteiger partial charge >= 0.3 is 24.8 Å². The Bertz CT molecular complexity index is 451. The first-order chi connectivity index (χ1) is 6.89. The van der Waals surface area contributed by atoms with Gasteiger partial charge in [0.05, 0.1) is 4.90 Å². The predicted molar refractivity (Wildman–Crippen MR) is 50.4 cm³/mol. The normalized spacial score (nSPS) is 10.6. The van der Waals surface area contributed by atoms with E-state index in [4.69, 9.17) is 5.11 Å². The zero-order chi connectivity index (χ0) is 11.5. The molecule has 0 radical (unpaired) electrons. The average Bonchev–Trinajstić information content (AvgIpc) is 2.14. The van der Waals surface area contributed by atoms with Crippen LogP contribution in [-0.2, 0) is 21.3 Å². The Hall–Kier alpha value is -0.803. The third-order valence-corrected chi connectivity index (χ3v) is 2.69. The summed E-state index contributed by atoms with van der Waals surface area (Å²) in [6, 6.07) is 5.24. The number of hydrogen-bond donors (Lipinski definition) is 1. The summed E-state index contributed by atoms with van der Waals surface area (Å²) >= 11 is 0. The third-order valence-electron chi connectivity index (χ3n) is 1.84. The van der Waals surface area contributed by atoms with Gasteiger partial charge in [-0.3, -0.25) is 4.79 Å². The van der Waals surface area contributed by atoms with Crippen molar-refractivity contribution in [2.45, 2.75) is 17.7 Å². The molecule has 82 valence electrons. The van der Waals surface area contributed by atoms with Crippen LogP contribution in [0.2, 0.25) is 0 Å². The van der Waals surface area contributed by atoms with Crippen molar-refractivity contribution in [3.05, 3.63) is 29.8 Å². The molecule has 0 aromatic heterocycles. The second kappa shape index (κ2) is 6.06. The summed E-state index contributed by atoms with van der Waals surface area (Å²) in [5.41, 5.74) is 0.685. The minimum Gasteiger partial charge on any atom is -0.744 e. The summed E-state index contributed by atoms with van der Waals surface area (Å²) in [6.07, 6.45) is 0.290. The zero-order valence-corrected chi connectivity index (χ0v) is 9.53. The zero-order valence-electron chi connectivity index (χ0n) is 8.71. The summed E-state index contributed by atoms with van der Waals surface area (Å²) in [7, 11) is -4.42. The number of carboxylic acids is 1. The molecule has 0 atom stereocenters. The minimum atomic E-state index is -4.42. The van der Waals surface area contributed by atoms with Gasteiger partial charge in [0, 0.05) is 6.42 Å². The van der Waals surface area contributed by atoms with Gasteiger partial charge in [0.25, 0.3) is 0 Å². The first-order valence-electron chi connectivity index (χ1n) is 4.16. The van der Waals surface area contributed by atoms with E-state index in [2.05, 4.69) is 0 Å². The Morgan fingerprint density at radius 3 is 2.12 bits per heavy atom. The maximum absolute atomic E-state index is 10.6. The van der Waals surface area contributed by atoms with Crippen LogP contribution in [0.15, 0.2) is 29.2 Å². The SMILES string of the molecule is O=C(O)CCc1ccc(S(=O)(=O)[O-])cc1.[Li+]. The summed E-state index contributed by atoms with van der Waals surface area (Å²) in [5.74, 6) is -0.921. The molecule has 0 spiro atoms. The second-order valence-electron chi connectivity index (χ2n) is 2.99. The van der Waals surface area contributed by atoms with Crippen molar-refractivity contribution in [1.82, 2.24) is 0 Å². The molecule has 1 aromatic rings. The Kier molecular flexibility index (Phi) is 5.76. The molecule has 1 rings (SSSR count). The molecule has 0 heterocycles. The Labute approximate surface area is 105 Å². The van der Waals surface area contributed by atoms with Crippen molar-refractivity contribution >= 4 is 16.1 Å². The Morgan fingerprint density at radius 1 is 1.25 bits per heavy atom. The van der Waals surface area contributed by atoms with Crippen molar-refractivity contribution in [2.24, 2.45) is 0 Å². The van der Waals surface area contributed by atoms with Crippen LogP contribution in [0.5, 0.6) is 0 Å². The fourth-order valence-electron chi connectivity index (χ4n) is 1.07. The van der Waals surface area contributed by atoms with Crippen molar-refractivity contribution in [1.29, 1.82) is 0 Å². The van der Waals surface area contributed by atoms with E-state index in [0.717, 1.165) is 0 Å². The fraction of sp³-hybridized carbons (Fsp3) is 0.222. The quantitative estimate of drug-likeness (QED) is 0.465. The molecular weight excluding hydrogens is 227 g/mol. The van der Waals surface area contributed by atoms with E-state index in [1.807, 2.05) is 0 Å². The van der Waals surface area contributed by atoms with Gasteiger partial charge in [-0.1, -0.05) is 12.1 Å². The Balaban J connectivity index is 0.00000225. The van der Waals surface area contributed by atoms with Crippen LogP contribution in [0.1, 0.15) is 12.0 Å². The molecule has 0 saturated heterocycles. The van der Waals surface area contributed by atoms with Gasteiger partial charge in [0.2, 0.25) is 0 Å². The number of aliphatic carboxylic acids is 1. The molecule has 1 N–H and O–H groups in total. The largest absolute Gasteiger partial charge is 1.00 e. The first kappa shape index (κ1) is 15.2. The monoisotopic (exact) mass is 236 g/mol. The van der Waals surface area contributed by atoms with Gasteiger partial charge in [-0.2, -0.15) is 0 Å². The fourth-order valence-corrected chi connectivity index (χ4v) is 1.54. The van der Waals surface area contributed by atoms with E-state index < -0.39 is 16.1 Å². The van der Waals surface area contributed by atoms with Crippen molar-refractivity contribution < 1.29 is 41.7 Å². The van der Waals surface area contributed by atoms with Gasteiger partial charge in [0.15, 0.2) is 0 Å². The van der Waals surface area contributed by atoms with E-state index in [1.54, 1.807) is 0 Å². The number of aryl methyl sites for hydroxylation is 1. The van der Waals surface area contributed by atoms with E-state index in [-0.39, 0.29) is 30.2 Å². The maximum Gasteiger partial charge on any atom is 1.00 e. The van der Waals surface area contributed by atoms with E-state index in [1.165, 1.54) is 24.3 Å². The van der Waals surface area contributed by atoms with Crippen LogP contribution < -0.4 is 18.9 Å². The van der Waals surface area contributed by atoms with Crippen LogP contribution in [0, 0.1) is 0 Å². The molecule has 0 bridgehead atoms. The molecule has 16 heavy (non-hydrogen) atoms. The van der Waals surface area contributed by atoms with Crippen LogP contribution >= 0.6 is 0 Å². The van der Waals surface area contributed by atoms with Gasteiger partial charge < -0.3 is 9.66 Å². The van der Waals surface area contributed by atoms with Crippen molar-refractivity contribution in [3.8, 4) is 0 Å². The molecule has 0 saturated carbocycles. The first-order valence-corrected chi connectivity index (χ1v) is 5.57. The third kappa shape index (κ3) is 4.81. The van der Waals surface area contributed by atoms with E-state index >= 15 is 0 Å². The van der Waals surface area contributed by atoms with Crippen LogP contribution in [0.4, 0.5) is 0 Å². The van der Waals surface area contributed by atoms with Crippen molar-refractivity contribution in [2.75, 3.05) is 0 Å². The smallest absolute Gasteiger partial charge is 0.744 e. The Morgan fingerprint density at radius 2 is 1.75 bits per heavy atom. The van der Waals surface area contributed by atoms with Gasteiger partial charge in [-0.05, 0) is 24.1 Å². The van der Waals surface area contributed by atoms with Gasteiger partial charge in [-0.15, -0.1) is 0 Å². The van der Waals surface area contributed by atoms with Crippen molar-refractivity contribution in [3.63, 3.8) is 0 Å². The molecule has 0 aliphatic heterocycles. The molecule has 0 aliphatic carbocycles. The molecule has 0 unspecified atom stereocenters. The standard InChI is InChI=1S/C9H10O5S.Li/c10-9(11)6-3-7-1-4-8(5-2-7)15(12,13)14;/h1-2,4-5H,3,6H2,(H,10,11)(H,12,13,14);/q;+1/p-1. The number of carbonyl (C=O) groups is 1. The number of carboxylic acid groups (broad SMARTS) is 1. The molecule has 0 fully saturated rings. The summed E-state index contributed by atoms with van der Waals surface area (Å²) in [6.45, 7) is 0. The predicted octanol–water partition coefficient (Wildman–Crippen LogP) is -2.39. The number of benzene rings is 1. The summed E-state index contributed by atoms with van der Waals surface area (Å²) in [4.78, 5) is 9.95. The van der Waals surface area contributed by atoms with E-state index in [9.17, 15) is 17.8 Å². The molecule has 0 aliphatic rings. The van der Waals surface area contributed by atoms with Gasteiger partial charge in [0.1, 0.15) is 10.1 Å². The topological polar surface area (TPSA) is 94.5 Å². The van der Waals surface area contributed by atoms with Crippen LogP contribution in [-0.4, -0.2) is 24.0 Å². The second-order valence-corrected chi connectivity index (χ2v) is 4.37. The van der Waals surface area contributed by atoms with Crippen LogP contribution in [0.3, 0.4) is 0 Å². The molecular formula is C9H9LiO5S. The molecule has 5 nitrogen and oxygen atoms in total. The molecule has 0 amide bonds. The minimum absolute atomic E-state index is 0.